The second-order valence-corrected chi connectivity index (χ2v) is 3.80. The number of rotatable bonds is 4. The average molecular weight is 295 g/mol. The summed E-state index contributed by atoms with van der Waals surface area (Å²) in [5.74, 6) is -1.18. The van der Waals surface area contributed by atoms with Crippen molar-refractivity contribution in [2.24, 2.45) is 5.73 Å². The Balaban J connectivity index is 3.28. The Kier molecular flexibility index (Phi) is 4.31. The van der Waals surface area contributed by atoms with Crippen molar-refractivity contribution in [3.63, 3.8) is 0 Å². The molecule has 0 bridgehead atoms. The van der Waals surface area contributed by atoms with Gasteiger partial charge in [0.05, 0.1) is 17.7 Å². The molecule has 1 heterocycles. The quantitative estimate of drug-likeness (QED) is 0.831. The molecule has 0 radical (unpaired) electrons. The number of carboxylic acid groups (broad SMARTS) is 1. The Morgan fingerprint density at radius 2 is 2.25 bits per heavy atom. The highest BCUT2D eigenvalue weighted by molar-refractivity contribution is 9.10. The van der Waals surface area contributed by atoms with Gasteiger partial charge in [0.15, 0.2) is 0 Å². The van der Waals surface area contributed by atoms with Crippen molar-refractivity contribution < 1.29 is 18.7 Å². The molecule has 7 heteroatoms. The van der Waals surface area contributed by atoms with Gasteiger partial charge in [-0.1, -0.05) is 0 Å². The maximum Gasteiger partial charge on any atom is 0.307 e. The lowest BCUT2D eigenvalue weighted by molar-refractivity contribution is -0.136. The number of alkyl halides is 2. The molecule has 3 N–H and O–H groups in total. The van der Waals surface area contributed by atoms with Crippen LogP contribution in [-0.4, -0.2) is 16.1 Å². The van der Waals surface area contributed by atoms with Crippen LogP contribution in [0, 0.1) is 0 Å². The van der Waals surface area contributed by atoms with E-state index in [4.69, 9.17) is 10.8 Å². The van der Waals surface area contributed by atoms with Crippen LogP contribution in [0.3, 0.4) is 0 Å². The highest BCUT2D eigenvalue weighted by Crippen LogP contribution is 2.30. The number of nitrogens with zero attached hydrogens (tertiary/aromatic N) is 1. The molecule has 0 atom stereocenters. The van der Waals surface area contributed by atoms with Crippen LogP contribution >= 0.6 is 15.9 Å². The summed E-state index contributed by atoms with van der Waals surface area (Å²) in [4.78, 5) is 14.3. The summed E-state index contributed by atoms with van der Waals surface area (Å²) < 4.78 is 25.3. The number of pyridine rings is 1. The fraction of sp³-hybridized carbons (Fsp3) is 0.333. The zero-order chi connectivity index (χ0) is 12.3. The molecular formula is C9H9BrF2N2O2. The predicted octanol–water partition coefficient (Wildman–Crippen LogP) is 1.87. The summed E-state index contributed by atoms with van der Waals surface area (Å²) in [6.07, 6.45) is -3.25. The first-order chi connectivity index (χ1) is 7.45. The van der Waals surface area contributed by atoms with Gasteiger partial charge in [-0.25, -0.2) is 13.8 Å². The molecule has 0 amide bonds. The van der Waals surface area contributed by atoms with E-state index in [0.29, 0.717) is 5.69 Å². The van der Waals surface area contributed by atoms with Crippen LogP contribution in [-0.2, 0) is 17.8 Å². The Morgan fingerprint density at radius 3 is 2.69 bits per heavy atom. The zero-order valence-electron chi connectivity index (χ0n) is 8.08. The maximum absolute atomic E-state index is 12.7. The Labute approximate surface area is 98.6 Å². The van der Waals surface area contributed by atoms with Gasteiger partial charge in [0.25, 0.3) is 6.43 Å². The number of carboxylic acids is 1. The molecule has 4 nitrogen and oxygen atoms in total. The highest BCUT2D eigenvalue weighted by Gasteiger charge is 2.20. The summed E-state index contributed by atoms with van der Waals surface area (Å²) in [5.41, 5.74) is 5.34. The van der Waals surface area contributed by atoms with Crippen molar-refractivity contribution in [3.8, 4) is 0 Å². The SMILES string of the molecule is NCc1cc(CC(=O)O)c(C(F)F)c(Br)n1. The van der Waals surface area contributed by atoms with E-state index >= 15 is 0 Å². The van der Waals surface area contributed by atoms with Crippen LogP contribution in [0.25, 0.3) is 0 Å². The predicted molar refractivity (Wildman–Crippen MR) is 56.1 cm³/mol. The normalized spacial score (nSPS) is 10.8. The summed E-state index contributed by atoms with van der Waals surface area (Å²) >= 11 is 2.89. The van der Waals surface area contributed by atoms with Crippen molar-refractivity contribution in [1.82, 2.24) is 4.98 Å². The van der Waals surface area contributed by atoms with E-state index in [1.165, 1.54) is 6.07 Å². The monoisotopic (exact) mass is 294 g/mol. The molecule has 88 valence electrons. The number of aromatic nitrogens is 1. The minimum absolute atomic E-state index is 0.0322. The molecule has 0 fully saturated rings. The standard InChI is InChI=1S/C9H9BrF2N2O2/c10-8-7(9(11)12)4(2-6(15)16)1-5(3-13)14-8/h1,9H,2-3,13H2,(H,15,16). The first-order valence-corrected chi connectivity index (χ1v) is 5.13. The molecule has 0 aliphatic carbocycles. The number of hydrogen-bond acceptors (Lipinski definition) is 3. The van der Waals surface area contributed by atoms with Crippen LogP contribution in [0.1, 0.15) is 23.2 Å². The van der Waals surface area contributed by atoms with E-state index in [9.17, 15) is 13.6 Å². The number of aliphatic carboxylic acids is 1. The van der Waals surface area contributed by atoms with Gasteiger partial charge in [-0.2, -0.15) is 0 Å². The molecule has 0 aliphatic heterocycles. The molecule has 0 saturated heterocycles. The van der Waals surface area contributed by atoms with Gasteiger partial charge < -0.3 is 10.8 Å². The van der Waals surface area contributed by atoms with Crippen molar-refractivity contribution >= 4 is 21.9 Å². The number of hydrogen-bond donors (Lipinski definition) is 2. The van der Waals surface area contributed by atoms with Gasteiger partial charge in [0, 0.05) is 6.54 Å². The molecule has 1 aromatic heterocycles. The van der Waals surface area contributed by atoms with Gasteiger partial charge in [-0.15, -0.1) is 0 Å². The van der Waals surface area contributed by atoms with Gasteiger partial charge >= 0.3 is 5.97 Å². The largest absolute Gasteiger partial charge is 0.481 e. The van der Waals surface area contributed by atoms with Crippen molar-refractivity contribution in [2.75, 3.05) is 0 Å². The molecular weight excluding hydrogens is 286 g/mol. The Morgan fingerprint density at radius 1 is 1.62 bits per heavy atom. The molecule has 0 unspecified atom stereocenters. The second kappa shape index (κ2) is 5.31. The lowest BCUT2D eigenvalue weighted by atomic mass is 10.1. The van der Waals surface area contributed by atoms with E-state index in [1.807, 2.05) is 0 Å². The second-order valence-electron chi connectivity index (χ2n) is 3.05. The fourth-order valence-corrected chi connectivity index (χ4v) is 1.93. The number of halogens is 3. The van der Waals surface area contributed by atoms with Gasteiger partial charge in [-0.3, -0.25) is 4.79 Å². The average Bonchev–Trinajstić information content (AvgIpc) is 2.14. The van der Waals surface area contributed by atoms with E-state index in [1.54, 1.807) is 0 Å². The highest BCUT2D eigenvalue weighted by atomic mass is 79.9. The summed E-state index contributed by atoms with van der Waals surface area (Å²) in [6, 6.07) is 1.29. The maximum atomic E-state index is 12.7. The van der Waals surface area contributed by atoms with Crippen molar-refractivity contribution in [1.29, 1.82) is 0 Å². The minimum atomic E-state index is -2.77. The summed E-state index contributed by atoms with van der Waals surface area (Å²) in [7, 11) is 0. The molecule has 0 aromatic carbocycles. The van der Waals surface area contributed by atoms with Crippen LogP contribution in [0.4, 0.5) is 8.78 Å². The third kappa shape index (κ3) is 2.96. The summed E-state index contributed by atoms with van der Waals surface area (Å²) in [5, 5.41) is 8.62. The molecule has 1 rings (SSSR count). The first kappa shape index (κ1) is 13.0. The molecule has 1 aromatic rings. The molecule has 16 heavy (non-hydrogen) atoms. The van der Waals surface area contributed by atoms with Crippen LogP contribution < -0.4 is 5.73 Å². The summed E-state index contributed by atoms with van der Waals surface area (Å²) in [6.45, 7) is 0.0642. The van der Waals surface area contributed by atoms with Crippen LogP contribution in [0.5, 0.6) is 0 Å². The van der Waals surface area contributed by atoms with Crippen LogP contribution in [0.15, 0.2) is 10.7 Å². The van der Waals surface area contributed by atoms with Crippen LogP contribution in [0.2, 0.25) is 0 Å². The third-order valence-corrected chi connectivity index (χ3v) is 2.52. The van der Waals surface area contributed by atoms with Crippen molar-refractivity contribution in [2.45, 2.75) is 19.4 Å². The molecule has 0 spiro atoms. The van der Waals surface area contributed by atoms with Gasteiger partial charge in [0.2, 0.25) is 0 Å². The van der Waals surface area contributed by atoms with E-state index < -0.39 is 18.8 Å². The minimum Gasteiger partial charge on any atom is -0.481 e. The zero-order valence-corrected chi connectivity index (χ0v) is 9.67. The first-order valence-electron chi connectivity index (χ1n) is 4.34. The lowest BCUT2D eigenvalue weighted by Crippen LogP contribution is -2.09. The third-order valence-electron chi connectivity index (χ3n) is 1.92. The van der Waals surface area contributed by atoms with E-state index in [0.717, 1.165) is 0 Å². The van der Waals surface area contributed by atoms with E-state index in [2.05, 4.69) is 20.9 Å². The lowest BCUT2D eigenvalue weighted by Gasteiger charge is -2.10. The van der Waals surface area contributed by atoms with Gasteiger partial charge in [0.1, 0.15) is 4.60 Å². The van der Waals surface area contributed by atoms with Crippen molar-refractivity contribution in [3.05, 3.63) is 27.5 Å². The molecule has 0 aliphatic rings. The van der Waals surface area contributed by atoms with E-state index in [-0.39, 0.29) is 22.3 Å². The number of carbonyl (C=O) groups is 1. The smallest absolute Gasteiger partial charge is 0.307 e. The molecule has 0 saturated carbocycles. The Hall–Kier alpha value is -1.08. The number of nitrogens with two attached hydrogens (primary N) is 1. The fourth-order valence-electron chi connectivity index (χ4n) is 1.27. The Bertz CT molecular complexity index is 413. The topological polar surface area (TPSA) is 76.2 Å². The van der Waals surface area contributed by atoms with Gasteiger partial charge in [-0.05, 0) is 27.6 Å².